The monoisotopic (exact) mass is 373 g/mol. The quantitative estimate of drug-likeness (QED) is 0.723. The second-order valence-electron chi connectivity index (χ2n) is 5.73. The minimum Gasteiger partial charge on any atom is -0.493 e. The highest BCUT2D eigenvalue weighted by molar-refractivity contribution is 6.00. The molecule has 0 fully saturated rings. The lowest BCUT2D eigenvalue weighted by Crippen LogP contribution is -2.41. The molecule has 0 atom stereocenters. The van der Waals surface area contributed by atoms with Gasteiger partial charge < -0.3 is 14.2 Å². The van der Waals surface area contributed by atoms with Gasteiger partial charge in [-0.3, -0.25) is 20.4 Å². The zero-order valence-electron chi connectivity index (χ0n) is 15.7. The number of carbonyl (C=O) groups excluding carboxylic acids is 2. The third kappa shape index (κ3) is 5.34. The summed E-state index contributed by atoms with van der Waals surface area (Å²) in [4.78, 5) is 28.6. The molecule has 2 rings (SSSR count). The van der Waals surface area contributed by atoms with E-state index in [1.54, 1.807) is 31.2 Å². The summed E-state index contributed by atoms with van der Waals surface area (Å²) in [6.45, 7) is 5.95. The van der Waals surface area contributed by atoms with Crippen molar-refractivity contribution < 1.29 is 23.8 Å². The van der Waals surface area contributed by atoms with Crippen LogP contribution >= 0.6 is 0 Å². The van der Waals surface area contributed by atoms with Crippen LogP contribution in [-0.2, 0) is 0 Å². The van der Waals surface area contributed by atoms with Crippen LogP contribution in [-0.4, -0.2) is 36.6 Å². The molecule has 0 saturated heterocycles. The predicted molar refractivity (Wildman–Crippen MR) is 99.1 cm³/mol. The summed E-state index contributed by atoms with van der Waals surface area (Å²) in [7, 11) is 1.49. The van der Waals surface area contributed by atoms with Gasteiger partial charge in [0.15, 0.2) is 11.5 Å². The van der Waals surface area contributed by atoms with Crippen molar-refractivity contribution in [2.45, 2.75) is 26.9 Å². The third-order valence-corrected chi connectivity index (χ3v) is 3.37. The lowest BCUT2D eigenvalue weighted by atomic mass is 10.2. The van der Waals surface area contributed by atoms with E-state index in [9.17, 15) is 9.59 Å². The number of ether oxygens (including phenoxy) is 3. The molecule has 1 heterocycles. The van der Waals surface area contributed by atoms with Crippen LogP contribution in [0.2, 0.25) is 0 Å². The summed E-state index contributed by atoms with van der Waals surface area (Å²) in [5.74, 6) is 0.119. The predicted octanol–water partition coefficient (Wildman–Crippen LogP) is 2.35. The standard InChI is InChI=1S/C19H23N3O5/c1-5-26-19-14(7-6-10-20-19)18(24)22-21-17(23)13-8-9-15(27-12(2)3)16(11-13)25-4/h6-12H,5H2,1-4H3,(H,21,23)(H,22,24). The van der Waals surface area contributed by atoms with E-state index in [4.69, 9.17) is 14.2 Å². The Kier molecular flexibility index (Phi) is 6.99. The van der Waals surface area contributed by atoms with Crippen LogP contribution in [0.1, 0.15) is 41.5 Å². The van der Waals surface area contributed by atoms with Crippen LogP contribution in [0.4, 0.5) is 0 Å². The first-order valence-electron chi connectivity index (χ1n) is 8.49. The average molecular weight is 373 g/mol. The van der Waals surface area contributed by atoms with Gasteiger partial charge in [0.2, 0.25) is 5.88 Å². The molecule has 0 bridgehead atoms. The maximum absolute atomic E-state index is 12.3. The van der Waals surface area contributed by atoms with Crippen molar-refractivity contribution >= 4 is 11.8 Å². The number of hydrogen-bond acceptors (Lipinski definition) is 6. The molecular formula is C19H23N3O5. The minimum atomic E-state index is -0.536. The lowest BCUT2D eigenvalue weighted by molar-refractivity contribution is 0.0843. The number of nitrogens with zero attached hydrogens (tertiary/aromatic N) is 1. The summed E-state index contributed by atoms with van der Waals surface area (Å²) in [5.41, 5.74) is 5.24. The Balaban J connectivity index is 2.06. The Hall–Kier alpha value is -3.29. The molecule has 0 aliphatic heterocycles. The topological polar surface area (TPSA) is 98.8 Å². The summed E-state index contributed by atoms with van der Waals surface area (Å²) < 4.78 is 16.2. The summed E-state index contributed by atoms with van der Waals surface area (Å²) in [6.07, 6.45) is 1.49. The average Bonchev–Trinajstić information content (AvgIpc) is 2.66. The molecule has 1 aromatic heterocycles. The first-order valence-corrected chi connectivity index (χ1v) is 8.49. The summed E-state index contributed by atoms with van der Waals surface area (Å²) >= 11 is 0. The number of nitrogens with one attached hydrogen (secondary N) is 2. The maximum Gasteiger partial charge on any atom is 0.275 e. The largest absolute Gasteiger partial charge is 0.493 e. The van der Waals surface area contributed by atoms with E-state index in [-0.39, 0.29) is 17.5 Å². The van der Waals surface area contributed by atoms with Gasteiger partial charge >= 0.3 is 0 Å². The van der Waals surface area contributed by atoms with Gasteiger partial charge in [-0.1, -0.05) is 0 Å². The minimum absolute atomic E-state index is 0.0307. The van der Waals surface area contributed by atoms with Gasteiger partial charge in [0.25, 0.3) is 11.8 Å². The molecule has 2 amide bonds. The zero-order valence-corrected chi connectivity index (χ0v) is 15.7. The van der Waals surface area contributed by atoms with Gasteiger partial charge in [0.05, 0.1) is 19.8 Å². The molecule has 144 valence electrons. The van der Waals surface area contributed by atoms with E-state index in [0.29, 0.717) is 23.7 Å². The molecule has 0 saturated carbocycles. The summed E-state index contributed by atoms with van der Waals surface area (Å²) in [6, 6.07) is 7.92. The molecule has 0 radical (unpaired) electrons. The highest BCUT2D eigenvalue weighted by Crippen LogP contribution is 2.28. The molecule has 2 N–H and O–H groups in total. The maximum atomic E-state index is 12.3. The fourth-order valence-electron chi connectivity index (χ4n) is 2.23. The van der Waals surface area contributed by atoms with Crippen LogP contribution in [0.3, 0.4) is 0 Å². The van der Waals surface area contributed by atoms with Crippen molar-refractivity contribution in [1.82, 2.24) is 15.8 Å². The number of amides is 2. The van der Waals surface area contributed by atoms with Crippen molar-refractivity contribution in [3.8, 4) is 17.4 Å². The van der Waals surface area contributed by atoms with E-state index in [1.165, 1.54) is 19.4 Å². The van der Waals surface area contributed by atoms with Gasteiger partial charge in [-0.05, 0) is 51.1 Å². The SMILES string of the molecule is CCOc1ncccc1C(=O)NNC(=O)c1ccc(OC(C)C)c(OC)c1. The Morgan fingerprint density at radius 2 is 1.85 bits per heavy atom. The van der Waals surface area contributed by atoms with E-state index in [2.05, 4.69) is 15.8 Å². The van der Waals surface area contributed by atoms with Crippen molar-refractivity contribution in [3.63, 3.8) is 0 Å². The number of carbonyl (C=O) groups is 2. The van der Waals surface area contributed by atoms with Gasteiger partial charge in [0.1, 0.15) is 5.56 Å². The van der Waals surface area contributed by atoms with Crippen LogP contribution in [0.15, 0.2) is 36.5 Å². The van der Waals surface area contributed by atoms with E-state index < -0.39 is 11.8 Å². The fraction of sp³-hybridized carbons (Fsp3) is 0.316. The van der Waals surface area contributed by atoms with Crippen molar-refractivity contribution in [2.24, 2.45) is 0 Å². The molecule has 8 heteroatoms. The number of pyridine rings is 1. The molecular weight excluding hydrogens is 350 g/mol. The number of benzene rings is 1. The second kappa shape index (κ2) is 9.42. The fourth-order valence-corrected chi connectivity index (χ4v) is 2.23. The number of methoxy groups -OCH3 is 1. The molecule has 2 aromatic rings. The Morgan fingerprint density at radius 3 is 2.52 bits per heavy atom. The molecule has 27 heavy (non-hydrogen) atoms. The van der Waals surface area contributed by atoms with Gasteiger partial charge in [0, 0.05) is 11.8 Å². The first kappa shape index (κ1) is 20.0. The Bertz CT molecular complexity index is 808. The van der Waals surface area contributed by atoms with Crippen LogP contribution in [0.5, 0.6) is 17.4 Å². The molecule has 0 aliphatic rings. The highest BCUT2D eigenvalue weighted by atomic mass is 16.5. The van der Waals surface area contributed by atoms with E-state index in [0.717, 1.165) is 0 Å². The number of aromatic nitrogens is 1. The number of hydrazine groups is 1. The molecule has 0 aliphatic carbocycles. The first-order chi connectivity index (χ1) is 13.0. The number of rotatable bonds is 7. The van der Waals surface area contributed by atoms with Crippen molar-refractivity contribution in [1.29, 1.82) is 0 Å². The van der Waals surface area contributed by atoms with Crippen molar-refractivity contribution in [3.05, 3.63) is 47.7 Å². The number of hydrogen-bond donors (Lipinski definition) is 2. The normalized spacial score (nSPS) is 10.3. The Labute approximate surface area is 157 Å². The highest BCUT2D eigenvalue weighted by Gasteiger charge is 2.16. The molecule has 1 aromatic carbocycles. The lowest BCUT2D eigenvalue weighted by Gasteiger charge is -2.15. The molecule has 8 nitrogen and oxygen atoms in total. The second-order valence-corrected chi connectivity index (χ2v) is 5.73. The van der Waals surface area contributed by atoms with Gasteiger partial charge in [-0.2, -0.15) is 0 Å². The van der Waals surface area contributed by atoms with Gasteiger partial charge in [-0.15, -0.1) is 0 Å². The molecule has 0 spiro atoms. The Morgan fingerprint density at radius 1 is 1.11 bits per heavy atom. The third-order valence-electron chi connectivity index (χ3n) is 3.37. The van der Waals surface area contributed by atoms with Gasteiger partial charge in [-0.25, -0.2) is 4.98 Å². The van der Waals surface area contributed by atoms with Crippen molar-refractivity contribution in [2.75, 3.05) is 13.7 Å². The van der Waals surface area contributed by atoms with E-state index >= 15 is 0 Å². The van der Waals surface area contributed by atoms with Crippen LogP contribution < -0.4 is 25.1 Å². The van der Waals surface area contributed by atoms with Crippen LogP contribution in [0, 0.1) is 0 Å². The zero-order chi connectivity index (χ0) is 19.8. The molecule has 0 unspecified atom stereocenters. The smallest absolute Gasteiger partial charge is 0.275 e. The van der Waals surface area contributed by atoms with Crippen LogP contribution in [0.25, 0.3) is 0 Å². The van der Waals surface area contributed by atoms with E-state index in [1.807, 2.05) is 13.8 Å². The summed E-state index contributed by atoms with van der Waals surface area (Å²) in [5, 5.41) is 0.